The summed E-state index contributed by atoms with van der Waals surface area (Å²) in [5.74, 6) is 1.05. The second-order valence-corrected chi connectivity index (χ2v) is 5.58. The molecule has 1 fully saturated rings. The highest BCUT2D eigenvalue weighted by atomic mass is 16.5. The molecule has 1 aromatic rings. The van der Waals surface area contributed by atoms with Gasteiger partial charge in [0.1, 0.15) is 5.75 Å². The minimum atomic E-state index is 0.268. The molecule has 1 aromatic carbocycles. The summed E-state index contributed by atoms with van der Waals surface area (Å²) in [6.45, 7) is 3.21. The first-order valence-electron chi connectivity index (χ1n) is 7.01. The minimum Gasteiger partial charge on any atom is -0.496 e. The molecule has 100 valence electrons. The quantitative estimate of drug-likeness (QED) is 0.880. The number of hydrogen-bond acceptors (Lipinski definition) is 2. The van der Waals surface area contributed by atoms with Crippen molar-refractivity contribution < 1.29 is 4.74 Å². The summed E-state index contributed by atoms with van der Waals surface area (Å²) in [6, 6.07) is 6.58. The summed E-state index contributed by atoms with van der Waals surface area (Å²) < 4.78 is 5.60. The number of nitrogens with one attached hydrogen (secondary N) is 1. The number of likely N-dealkylation sites (N-methyl/N-ethyl adjacent to an activating group) is 1. The van der Waals surface area contributed by atoms with Crippen LogP contribution < -0.4 is 10.1 Å². The van der Waals surface area contributed by atoms with Crippen molar-refractivity contribution in [1.29, 1.82) is 0 Å². The van der Waals surface area contributed by atoms with Crippen LogP contribution in [0, 0.1) is 6.92 Å². The van der Waals surface area contributed by atoms with Crippen LogP contribution in [0.3, 0.4) is 0 Å². The Labute approximate surface area is 111 Å². The molecule has 0 saturated heterocycles. The van der Waals surface area contributed by atoms with Gasteiger partial charge in [0.05, 0.1) is 7.11 Å². The van der Waals surface area contributed by atoms with E-state index in [-0.39, 0.29) is 5.41 Å². The van der Waals surface area contributed by atoms with Crippen molar-refractivity contribution in [3.05, 3.63) is 29.3 Å². The Kier molecular flexibility index (Phi) is 4.28. The summed E-state index contributed by atoms with van der Waals surface area (Å²) in [5, 5.41) is 3.39. The monoisotopic (exact) mass is 247 g/mol. The number of benzene rings is 1. The third kappa shape index (κ3) is 2.54. The van der Waals surface area contributed by atoms with Gasteiger partial charge in [-0.2, -0.15) is 0 Å². The summed E-state index contributed by atoms with van der Waals surface area (Å²) in [4.78, 5) is 0. The zero-order valence-electron chi connectivity index (χ0n) is 11.9. The maximum atomic E-state index is 5.60. The molecule has 0 spiro atoms. The zero-order chi connectivity index (χ0) is 13.0. The van der Waals surface area contributed by atoms with E-state index in [4.69, 9.17) is 4.74 Å². The van der Waals surface area contributed by atoms with E-state index in [1.165, 1.54) is 43.2 Å². The van der Waals surface area contributed by atoms with Crippen LogP contribution in [-0.4, -0.2) is 20.7 Å². The van der Waals surface area contributed by atoms with Gasteiger partial charge in [-0.1, -0.05) is 37.0 Å². The molecule has 2 heteroatoms. The number of ether oxygens (including phenoxy) is 1. The van der Waals surface area contributed by atoms with Gasteiger partial charge < -0.3 is 10.1 Å². The van der Waals surface area contributed by atoms with Crippen molar-refractivity contribution in [2.75, 3.05) is 20.7 Å². The topological polar surface area (TPSA) is 21.3 Å². The lowest BCUT2D eigenvalue weighted by Crippen LogP contribution is -2.39. The van der Waals surface area contributed by atoms with E-state index in [0.717, 1.165) is 12.3 Å². The number of hydrogen-bond donors (Lipinski definition) is 1. The Hall–Kier alpha value is -1.02. The van der Waals surface area contributed by atoms with E-state index >= 15 is 0 Å². The molecule has 0 aliphatic heterocycles. The Balaban J connectivity index is 2.43. The van der Waals surface area contributed by atoms with Crippen molar-refractivity contribution >= 4 is 0 Å². The van der Waals surface area contributed by atoms with Gasteiger partial charge in [-0.15, -0.1) is 0 Å². The molecule has 1 N–H and O–H groups in total. The van der Waals surface area contributed by atoms with E-state index in [9.17, 15) is 0 Å². The molecule has 0 aromatic heterocycles. The largest absolute Gasteiger partial charge is 0.496 e. The third-order valence-corrected chi connectivity index (χ3v) is 4.25. The van der Waals surface area contributed by atoms with Crippen LogP contribution in [0.1, 0.15) is 43.2 Å². The number of rotatable bonds is 4. The van der Waals surface area contributed by atoms with Crippen molar-refractivity contribution in [3.63, 3.8) is 0 Å². The molecule has 0 amide bonds. The maximum Gasteiger partial charge on any atom is 0.122 e. The highest BCUT2D eigenvalue weighted by Gasteiger charge is 2.35. The smallest absolute Gasteiger partial charge is 0.122 e. The molecule has 1 aliphatic carbocycles. The van der Waals surface area contributed by atoms with Crippen LogP contribution in [0.4, 0.5) is 0 Å². The van der Waals surface area contributed by atoms with Gasteiger partial charge >= 0.3 is 0 Å². The van der Waals surface area contributed by atoms with Crippen molar-refractivity contribution in [1.82, 2.24) is 5.32 Å². The molecule has 0 atom stereocenters. The van der Waals surface area contributed by atoms with Crippen LogP contribution in [0.2, 0.25) is 0 Å². The van der Waals surface area contributed by atoms with Crippen LogP contribution in [-0.2, 0) is 5.41 Å². The van der Waals surface area contributed by atoms with Gasteiger partial charge in [0.15, 0.2) is 0 Å². The Morgan fingerprint density at radius 3 is 2.56 bits per heavy atom. The lowest BCUT2D eigenvalue weighted by Gasteiger charge is -2.38. The van der Waals surface area contributed by atoms with E-state index in [1.807, 2.05) is 0 Å². The number of methoxy groups -OCH3 is 1. The van der Waals surface area contributed by atoms with E-state index in [1.54, 1.807) is 7.11 Å². The Morgan fingerprint density at radius 1 is 1.22 bits per heavy atom. The predicted molar refractivity (Wildman–Crippen MR) is 76.4 cm³/mol. The molecule has 1 aliphatic rings. The Bertz CT molecular complexity index is 389. The normalized spacial score (nSPS) is 18.6. The van der Waals surface area contributed by atoms with Gasteiger partial charge in [-0.3, -0.25) is 0 Å². The number of aryl methyl sites for hydroxylation is 1. The Morgan fingerprint density at radius 2 is 1.94 bits per heavy atom. The molecule has 0 heterocycles. The summed E-state index contributed by atoms with van der Waals surface area (Å²) >= 11 is 0. The van der Waals surface area contributed by atoms with E-state index in [0.29, 0.717) is 0 Å². The molecule has 0 bridgehead atoms. The lowest BCUT2D eigenvalue weighted by molar-refractivity contribution is 0.274. The summed E-state index contributed by atoms with van der Waals surface area (Å²) in [7, 11) is 3.84. The SMILES string of the molecule is CNCC1(c2cc(C)ccc2OC)CCCCC1. The average Bonchev–Trinajstić information content (AvgIpc) is 2.40. The van der Waals surface area contributed by atoms with Gasteiger partial charge in [-0.25, -0.2) is 0 Å². The minimum absolute atomic E-state index is 0.268. The second kappa shape index (κ2) is 5.75. The fourth-order valence-electron chi connectivity index (χ4n) is 3.34. The molecule has 2 nitrogen and oxygen atoms in total. The summed E-state index contributed by atoms with van der Waals surface area (Å²) in [5.41, 5.74) is 3.00. The molecule has 18 heavy (non-hydrogen) atoms. The fourth-order valence-corrected chi connectivity index (χ4v) is 3.34. The maximum absolute atomic E-state index is 5.60. The van der Waals surface area contributed by atoms with Crippen LogP contribution >= 0.6 is 0 Å². The highest BCUT2D eigenvalue weighted by Crippen LogP contribution is 2.43. The van der Waals surface area contributed by atoms with Crippen molar-refractivity contribution in [2.24, 2.45) is 0 Å². The zero-order valence-corrected chi connectivity index (χ0v) is 11.9. The molecule has 1 saturated carbocycles. The van der Waals surface area contributed by atoms with E-state index in [2.05, 4.69) is 37.5 Å². The third-order valence-electron chi connectivity index (χ3n) is 4.25. The first-order chi connectivity index (χ1) is 8.72. The van der Waals surface area contributed by atoms with Crippen molar-refractivity contribution in [2.45, 2.75) is 44.4 Å². The van der Waals surface area contributed by atoms with Crippen LogP contribution in [0.5, 0.6) is 5.75 Å². The van der Waals surface area contributed by atoms with Crippen LogP contribution in [0.25, 0.3) is 0 Å². The highest BCUT2D eigenvalue weighted by molar-refractivity contribution is 5.43. The second-order valence-electron chi connectivity index (χ2n) is 5.58. The molecule has 0 unspecified atom stereocenters. The summed E-state index contributed by atoms with van der Waals surface area (Å²) in [6.07, 6.45) is 6.58. The van der Waals surface area contributed by atoms with Gasteiger partial charge in [-0.05, 0) is 32.9 Å². The van der Waals surface area contributed by atoms with Gasteiger partial charge in [0, 0.05) is 17.5 Å². The standard InChI is InChI=1S/C16H25NO/c1-13-7-8-15(18-3)14(11-13)16(12-17-2)9-5-4-6-10-16/h7-8,11,17H,4-6,9-10,12H2,1-3H3. The van der Waals surface area contributed by atoms with Crippen molar-refractivity contribution in [3.8, 4) is 5.75 Å². The van der Waals surface area contributed by atoms with E-state index < -0.39 is 0 Å². The first-order valence-corrected chi connectivity index (χ1v) is 7.01. The predicted octanol–water partition coefficient (Wildman–Crippen LogP) is 3.42. The molecule has 0 radical (unpaired) electrons. The molecule has 2 rings (SSSR count). The average molecular weight is 247 g/mol. The first kappa shape index (κ1) is 13.4. The van der Waals surface area contributed by atoms with Gasteiger partial charge in [0.2, 0.25) is 0 Å². The molecular weight excluding hydrogens is 222 g/mol. The lowest BCUT2D eigenvalue weighted by atomic mass is 9.68. The molecular formula is C16H25NO. The van der Waals surface area contributed by atoms with Gasteiger partial charge in [0.25, 0.3) is 0 Å². The van der Waals surface area contributed by atoms with Crippen LogP contribution in [0.15, 0.2) is 18.2 Å². The fraction of sp³-hybridized carbons (Fsp3) is 0.625.